The molecule has 0 aliphatic heterocycles. The third kappa shape index (κ3) is 10.4. The summed E-state index contributed by atoms with van der Waals surface area (Å²) in [5.74, 6) is 0. The number of hydrogen-bond acceptors (Lipinski definition) is 0. The van der Waals surface area contributed by atoms with Gasteiger partial charge in [-0.15, -0.1) is 39.7 Å². The Balaban J connectivity index is 0.000000308. The molecule has 3 heteroatoms. The van der Waals surface area contributed by atoms with Crippen LogP contribution in [0.15, 0.2) is 84.9 Å². The van der Waals surface area contributed by atoms with Crippen LogP contribution in [0.25, 0.3) is 32.3 Å². The van der Waals surface area contributed by atoms with E-state index >= 15 is 0 Å². The van der Waals surface area contributed by atoms with E-state index in [-0.39, 0.29) is 26.2 Å². The average Bonchev–Trinajstić information content (AvgIpc) is 3.55. The molecule has 0 amide bonds. The van der Waals surface area contributed by atoms with Crippen LogP contribution in [0.2, 0.25) is 39.3 Å². The molecule has 0 fully saturated rings. The van der Waals surface area contributed by atoms with E-state index in [1.165, 1.54) is 45.2 Å². The predicted molar refractivity (Wildman–Crippen MR) is 183 cm³/mol. The maximum Gasteiger partial charge on any atom is 4.00 e. The average molecular weight is 630 g/mol. The topological polar surface area (TPSA) is 0 Å². The van der Waals surface area contributed by atoms with Crippen molar-refractivity contribution in [2.24, 2.45) is 0 Å². The number of fused-ring (bicyclic) bond motifs is 5. The van der Waals surface area contributed by atoms with E-state index in [1.807, 2.05) is 0 Å². The van der Waals surface area contributed by atoms with Gasteiger partial charge in [0.2, 0.25) is 0 Å². The second-order valence-electron chi connectivity index (χ2n) is 12.1. The number of unbranched alkanes of at least 4 members (excludes halogenated alkanes) is 2. The summed E-state index contributed by atoms with van der Waals surface area (Å²) >= 11 is 0. The molecule has 5 rings (SSSR count). The van der Waals surface area contributed by atoms with E-state index in [9.17, 15) is 0 Å². The Bertz CT molecular complexity index is 1330. The smallest absolute Gasteiger partial charge is 0.343 e. The molecular formula is C36H50Si2Zr. The maximum atomic E-state index is 3.60. The summed E-state index contributed by atoms with van der Waals surface area (Å²) in [6.45, 7) is 25.9. The van der Waals surface area contributed by atoms with Gasteiger partial charge in [-0.25, -0.2) is 11.3 Å². The van der Waals surface area contributed by atoms with Crippen LogP contribution in [0.5, 0.6) is 0 Å². The Hall–Kier alpha value is -1.54. The second-order valence-corrected chi connectivity index (χ2v) is 22.2. The normalized spacial score (nSPS) is 11.0. The minimum Gasteiger partial charge on any atom is -0.343 e. The maximum absolute atomic E-state index is 3.60. The van der Waals surface area contributed by atoms with E-state index < -0.39 is 16.1 Å². The number of hydrogen-bond donors (Lipinski definition) is 0. The van der Waals surface area contributed by atoms with Crippen molar-refractivity contribution in [1.82, 2.24) is 0 Å². The molecule has 0 radical (unpaired) electrons. The Morgan fingerprint density at radius 1 is 0.692 bits per heavy atom. The third-order valence-corrected chi connectivity index (χ3v) is 10.8. The first-order valence-electron chi connectivity index (χ1n) is 14.3. The van der Waals surface area contributed by atoms with Gasteiger partial charge in [0.25, 0.3) is 0 Å². The van der Waals surface area contributed by atoms with Gasteiger partial charge in [0.1, 0.15) is 0 Å². The standard InChI is InChI=1S/C17H11.C11H21Si2.2C4H9.Zr/c1-3-7-15-12(5-1)9-10-14-11-13-6-2-4-8-16(13)17(14)15;1-12(2,3)10-7-8-11(9-10)13(4,5)6;2*1-3-4-2;/h1-11H;7-9H,1-6H3;2*1,3-4H2,2H3;/q4*-1;+4. The van der Waals surface area contributed by atoms with Crippen LogP contribution >= 0.6 is 0 Å². The van der Waals surface area contributed by atoms with E-state index in [0.717, 1.165) is 12.8 Å². The van der Waals surface area contributed by atoms with Gasteiger partial charge >= 0.3 is 26.2 Å². The largest absolute Gasteiger partial charge is 4.00 e. The van der Waals surface area contributed by atoms with Gasteiger partial charge in [0.15, 0.2) is 0 Å². The van der Waals surface area contributed by atoms with Crippen LogP contribution in [0.1, 0.15) is 39.5 Å². The molecule has 39 heavy (non-hydrogen) atoms. The van der Waals surface area contributed by atoms with Crippen LogP contribution in [0.4, 0.5) is 0 Å². The van der Waals surface area contributed by atoms with Crippen LogP contribution < -0.4 is 10.4 Å². The molecule has 0 aromatic heterocycles. The Morgan fingerprint density at radius 3 is 1.72 bits per heavy atom. The summed E-state index contributed by atoms with van der Waals surface area (Å²) in [5.41, 5.74) is 0. The molecule has 5 aromatic rings. The third-order valence-electron chi connectivity index (χ3n) is 6.69. The van der Waals surface area contributed by atoms with E-state index in [1.54, 1.807) is 10.4 Å². The molecular weight excluding hydrogens is 580 g/mol. The first-order chi connectivity index (χ1) is 18.0. The first kappa shape index (κ1) is 35.5. The van der Waals surface area contributed by atoms with Gasteiger partial charge in [-0.2, -0.15) is 30.2 Å². The molecule has 0 N–H and O–H groups in total. The van der Waals surface area contributed by atoms with Crippen LogP contribution in [-0.4, -0.2) is 16.1 Å². The summed E-state index contributed by atoms with van der Waals surface area (Å²) in [6, 6.07) is 31.1. The summed E-state index contributed by atoms with van der Waals surface area (Å²) in [4.78, 5) is 0. The summed E-state index contributed by atoms with van der Waals surface area (Å²) in [7, 11) is -2.14. The first-order valence-corrected chi connectivity index (χ1v) is 21.3. The van der Waals surface area contributed by atoms with Crippen molar-refractivity contribution in [3.63, 3.8) is 0 Å². The monoisotopic (exact) mass is 628 g/mol. The fraction of sp³-hybridized carbons (Fsp3) is 0.333. The predicted octanol–water partition coefficient (Wildman–Crippen LogP) is 10.6. The zero-order valence-electron chi connectivity index (χ0n) is 25.8. The molecule has 0 heterocycles. The van der Waals surface area contributed by atoms with E-state index in [2.05, 4.69) is 152 Å². The van der Waals surface area contributed by atoms with Crippen molar-refractivity contribution >= 4 is 58.8 Å². The van der Waals surface area contributed by atoms with Crippen molar-refractivity contribution in [3.8, 4) is 0 Å². The van der Waals surface area contributed by atoms with Gasteiger partial charge < -0.3 is 13.8 Å². The molecule has 0 bridgehead atoms. The van der Waals surface area contributed by atoms with E-state index in [0.29, 0.717) is 0 Å². The van der Waals surface area contributed by atoms with Gasteiger partial charge in [-0.3, -0.25) is 0 Å². The molecule has 5 aromatic carbocycles. The minimum absolute atomic E-state index is 0. The second kappa shape index (κ2) is 16.7. The zero-order chi connectivity index (χ0) is 28.3. The summed E-state index contributed by atoms with van der Waals surface area (Å²) in [6.07, 6.45) is 4.56. The van der Waals surface area contributed by atoms with Crippen molar-refractivity contribution < 1.29 is 26.2 Å². The molecule has 0 saturated heterocycles. The summed E-state index contributed by atoms with van der Waals surface area (Å²) < 4.78 is 0. The molecule has 0 saturated carbocycles. The zero-order valence-corrected chi connectivity index (χ0v) is 30.3. The SMILES string of the molecule is C[Si](C)(C)c1cc[c-]([Si](C)(C)C)c1.[CH2-]CCC.[CH2-]CCC.[Zr+4].c1ccc2c(c1)ccc1[cH-]c3ccccc3c12. The van der Waals surface area contributed by atoms with Crippen LogP contribution in [0.3, 0.4) is 0 Å². The molecule has 0 aliphatic carbocycles. The molecule has 0 nitrogen and oxygen atoms in total. The van der Waals surface area contributed by atoms with Crippen molar-refractivity contribution in [2.45, 2.75) is 78.8 Å². The number of benzene rings is 3. The molecule has 206 valence electrons. The Morgan fingerprint density at radius 2 is 1.23 bits per heavy atom. The fourth-order valence-electron chi connectivity index (χ4n) is 4.10. The Kier molecular flexibility index (Phi) is 15.2. The van der Waals surface area contributed by atoms with Crippen molar-refractivity contribution in [2.75, 3.05) is 0 Å². The quantitative estimate of drug-likeness (QED) is 0.137. The summed E-state index contributed by atoms with van der Waals surface area (Å²) in [5, 5.41) is 11.3. The molecule has 0 unspecified atom stereocenters. The van der Waals surface area contributed by atoms with Crippen molar-refractivity contribution in [1.29, 1.82) is 0 Å². The van der Waals surface area contributed by atoms with Gasteiger partial charge in [0, 0.05) is 16.1 Å². The fourth-order valence-corrected chi connectivity index (χ4v) is 6.59. The molecule has 0 atom stereocenters. The van der Waals surface area contributed by atoms with Gasteiger partial charge in [-0.05, 0) is 5.39 Å². The molecule has 0 spiro atoms. The van der Waals surface area contributed by atoms with E-state index in [4.69, 9.17) is 0 Å². The van der Waals surface area contributed by atoms with Crippen LogP contribution in [-0.2, 0) is 26.2 Å². The number of rotatable bonds is 4. The van der Waals surface area contributed by atoms with Gasteiger partial charge in [-0.1, -0.05) is 120 Å². The molecule has 0 aliphatic rings. The minimum atomic E-state index is -1.07. The van der Waals surface area contributed by atoms with Crippen LogP contribution in [0, 0.1) is 13.8 Å². The van der Waals surface area contributed by atoms with Gasteiger partial charge in [0.05, 0.1) is 0 Å². The Labute approximate surface area is 261 Å². The van der Waals surface area contributed by atoms with Crippen molar-refractivity contribution in [3.05, 3.63) is 98.8 Å².